The van der Waals surface area contributed by atoms with E-state index < -0.39 is 65.0 Å². The number of pyridine rings is 1. The van der Waals surface area contributed by atoms with E-state index in [-0.39, 0.29) is 30.1 Å². The maximum absolute atomic E-state index is 13.7. The second kappa shape index (κ2) is 14.4. The average molecular weight is 646 g/mol. The van der Waals surface area contributed by atoms with E-state index >= 15 is 0 Å². The summed E-state index contributed by atoms with van der Waals surface area (Å²) in [4.78, 5) is 70.0. The Kier molecular flexibility index (Phi) is 10.8. The molecule has 1 saturated carbocycles. The lowest BCUT2D eigenvalue weighted by Crippen LogP contribution is -2.55. The van der Waals surface area contributed by atoms with E-state index in [0.717, 1.165) is 0 Å². The van der Waals surface area contributed by atoms with Gasteiger partial charge in [0.1, 0.15) is 24.1 Å². The van der Waals surface area contributed by atoms with Crippen LogP contribution in [0.3, 0.4) is 0 Å². The number of allylic oxidation sites excluding steroid dienone is 1. The predicted molar refractivity (Wildman–Crippen MR) is 172 cm³/mol. The standard InChI is InChI=1S/C37H43NO9/c1-22-15-16-36(6,7)31(41)19-30(45-35(43)28-14-11-17-38-21-28)23(2)18-29-32(46-34(42)27-12-9-8-10-13-27)24(3)20-37(29,47-26(5)40)33(22)44-25(4)39/h8-18,21-22,24,29-30,32-33H,19-20H2,1-7H3/t22-,24-,29-,30+,32+,33-,37+/m0/s1. The van der Waals surface area contributed by atoms with Gasteiger partial charge in [-0.25, -0.2) is 9.59 Å². The van der Waals surface area contributed by atoms with Crippen molar-refractivity contribution in [3.8, 4) is 0 Å². The molecule has 0 spiro atoms. The van der Waals surface area contributed by atoms with Gasteiger partial charge in [0.15, 0.2) is 5.60 Å². The molecule has 0 radical (unpaired) electrons. The van der Waals surface area contributed by atoms with Crippen LogP contribution in [0.25, 0.3) is 0 Å². The predicted octanol–water partition coefficient (Wildman–Crippen LogP) is 5.86. The third-order valence-corrected chi connectivity index (χ3v) is 8.96. The third kappa shape index (κ3) is 8.04. The number of hydrogen-bond acceptors (Lipinski definition) is 10. The van der Waals surface area contributed by atoms with Crippen LogP contribution in [-0.2, 0) is 33.3 Å². The first kappa shape index (κ1) is 35.3. The molecule has 250 valence electrons. The summed E-state index contributed by atoms with van der Waals surface area (Å²) in [6.45, 7) is 11.5. The molecule has 2 aliphatic carbocycles. The molecule has 10 nitrogen and oxygen atoms in total. The Hall–Kier alpha value is -4.60. The Morgan fingerprint density at radius 3 is 2.15 bits per heavy atom. The second-order valence-electron chi connectivity index (χ2n) is 13.1. The molecule has 1 aromatic carbocycles. The summed E-state index contributed by atoms with van der Waals surface area (Å²) < 4.78 is 24.3. The van der Waals surface area contributed by atoms with Crippen molar-refractivity contribution in [1.82, 2.24) is 4.98 Å². The molecule has 47 heavy (non-hydrogen) atoms. The maximum atomic E-state index is 13.7. The summed E-state index contributed by atoms with van der Waals surface area (Å²) in [7, 11) is 0. The number of hydrogen-bond donors (Lipinski definition) is 0. The Labute approximate surface area is 275 Å². The van der Waals surface area contributed by atoms with Crippen molar-refractivity contribution in [1.29, 1.82) is 0 Å². The molecule has 0 aliphatic heterocycles. The van der Waals surface area contributed by atoms with Crippen LogP contribution < -0.4 is 0 Å². The van der Waals surface area contributed by atoms with Crippen molar-refractivity contribution >= 4 is 29.7 Å². The summed E-state index contributed by atoms with van der Waals surface area (Å²) in [6.07, 6.45) is 5.29. The van der Waals surface area contributed by atoms with Crippen LogP contribution in [0.5, 0.6) is 0 Å². The van der Waals surface area contributed by atoms with Crippen LogP contribution >= 0.6 is 0 Å². The number of rotatable bonds is 6. The topological polar surface area (TPSA) is 135 Å². The van der Waals surface area contributed by atoms with Crippen LogP contribution in [-0.4, -0.2) is 58.6 Å². The molecule has 1 aromatic heterocycles. The molecule has 7 atom stereocenters. The van der Waals surface area contributed by atoms with E-state index in [2.05, 4.69) is 4.98 Å². The average Bonchev–Trinajstić information content (AvgIpc) is 3.27. The van der Waals surface area contributed by atoms with Gasteiger partial charge in [-0.15, -0.1) is 0 Å². The van der Waals surface area contributed by atoms with Crippen LogP contribution in [0.1, 0.15) is 82.0 Å². The van der Waals surface area contributed by atoms with Crippen molar-refractivity contribution in [3.05, 3.63) is 89.8 Å². The first-order chi connectivity index (χ1) is 22.1. The van der Waals surface area contributed by atoms with E-state index in [9.17, 15) is 24.0 Å². The number of fused-ring (bicyclic) bond motifs is 1. The number of carbonyl (C=O) groups excluding carboxylic acids is 5. The largest absolute Gasteiger partial charge is 0.458 e. The van der Waals surface area contributed by atoms with E-state index in [1.54, 1.807) is 81.5 Å². The van der Waals surface area contributed by atoms with Gasteiger partial charge in [-0.3, -0.25) is 19.4 Å². The highest BCUT2D eigenvalue weighted by atomic mass is 16.6. The zero-order valence-electron chi connectivity index (χ0n) is 27.9. The molecule has 0 unspecified atom stereocenters. The number of carbonyl (C=O) groups is 5. The van der Waals surface area contributed by atoms with E-state index in [4.69, 9.17) is 18.9 Å². The van der Waals surface area contributed by atoms with Gasteiger partial charge in [0, 0.05) is 44.0 Å². The highest BCUT2D eigenvalue weighted by Gasteiger charge is 2.62. The van der Waals surface area contributed by atoms with Crippen LogP contribution in [0.2, 0.25) is 0 Å². The third-order valence-electron chi connectivity index (χ3n) is 8.96. The molecular formula is C37H43NO9. The van der Waals surface area contributed by atoms with Crippen molar-refractivity contribution in [2.24, 2.45) is 23.2 Å². The van der Waals surface area contributed by atoms with Crippen molar-refractivity contribution in [2.75, 3.05) is 0 Å². The highest BCUT2D eigenvalue weighted by Crippen LogP contribution is 2.51. The number of ketones is 1. The molecule has 0 bridgehead atoms. The summed E-state index contributed by atoms with van der Waals surface area (Å²) in [6, 6.07) is 11.7. The first-order valence-electron chi connectivity index (χ1n) is 15.8. The number of nitrogens with zero attached hydrogens (tertiary/aromatic N) is 1. The Morgan fingerprint density at radius 1 is 0.872 bits per heavy atom. The molecular weight excluding hydrogens is 602 g/mol. The van der Waals surface area contributed by atoms with E-state index in [1.807, 2.05) is 13.8 Å². The summed E-state index contributed by atoms with van der Waals surface area (Å²) in [5, 5.41) is 0. The molecule has 0 amide bonds. The fourth-order valence-corrected chi connectivity index (χ4v) is 6.54. The minimum Gasteiger partial charge on any atom is -0.458 e. The van der Waals surface area contributed by atoms with Crippen molar-refractivity contribution < 1.29 is 42.9 Å². The Balaban J connectivity index is 1.92. The molecule has 4 rings (SSSR count). The number of benzene rings is 1. The van der Waals surface area contributed by atoms with E-state index in [1.165, 1.54) is 26.2 Å². The molecule has 0 N–H and O–H groups in total. The van der Waals surface area contributed by atoms with E-state index in [0.29, 0.717) is 11.1 Å². The van der Waals surface area contributed by atoms with Gasteiger partial charge in [-0.2, -0.15) is 0 Å². The molecule has 0 saturated heterocycles. The molecule has 2 aromatic rings. The number of ether oxygens (including phenoxy) is 4. The van der Waals surface area contributed by atoms with Crippen LogP contribution in [0, 0.1) is 23.2 Å². The molecule has 10 heteroatoms. The fraction of sp³-hybridized carbons (Fsp3) is 0.459. The van der Waals surface area contributed by atoms with Gasteiger partial charge < -0.3 is 18.9 Å². The Morgan fingerprint density at radius 2 is 1.53 bits per heavy atom. The minimum atomic E-state index is -1.49. The van der Waals surface area contributed by atoms with Gasteiger partial charge in [0.05, 0.1) is 17.0 Å². The minimum absolute atomic E-state index is 0.148. The molecule has 2 aliphatic rings. The van der Waals surface area contributed by atoms with Gasteiger partial charge in [0.25, 0.3) is 0 Å². The van der Waals surface area contributed by atoms with Gasteiger partial charge >= 0.3 is 23.9 Å². The zero-order valence-corrected chi connectivity index (χ0v) is 27.9. The highest BCUT2D eigenvalue weighted by molar-refractivity contribution is 5.91. The lowest BCUT2D eigenvalue weighted by atomic mass is 9.75. The normalized spacial score (nSPS) is 28.8. The fourth-order valence-electron chi connectivity index (χ4n) is 6.54. The van der Waals surface area contributed by atoms with Crippen LogP contribution in [0.4, 0.5) is 0 Å². The Bertz CT molecular complexity index is 1550. The first-order valence-corrected chi connectivity index (χ1v) is 15.8. The summed E-state index contributed by atoms with van der Waals surface area (Å²) in [5.74, 6) is -4.42. The van der Waals surface area contributed by atoms with Gasteiger partial charge in [-0.05, 0) is 62.9 Å². The second-order valence-corrected chi connectivity index (χ2v) is 13.1. The number of esters is 4. The monoisotopic (exact) mass is 645 g/mol. The maximum Gasteiger partial charge on any atom is 0.340 e. The molecule has 1 fully saturated rings. The lowest BCUT2D eigenvalue weighted by Gasteiger charge is -2.43. The zero-order chi connectivity index (χ0) is 34.5. The van der Waals surface area contributed by atoms with Gasteiger partial charge in [-0.1, -0.05) is 50.3 Å². The molecule has 1 heterocycles. The smallest absolute Gasteiger partial charge is 0.340 e. The summed E-state index contributed by atoms with van der Waals surface area (Å²) in [5.41, 5.74) is -1.46. The van der Waals surface area contributed by atoms with Gasteiger partial charge in [0.2, 0.25) is 0 Å². The van der Waals surface area contributed by atoms with Crippen molar-refractivity contribution in [2.45, 2.75) is 85.2 Å². The van der Waals surface area contributed by atoms with Crippen LogP contribution in [0.15, 0.2) is 78.7 Å². The summed E-state index contributed by atoms with van der Waals surface area (Å²) >= 11 is 0. The SMILES string of the molecule is CC(=O)O[C@H]1[C@@H](C)C=CC(C)(C)C(=O)C[C@@H](OC(=O)c2cccnc2)C(C)=C[C@H]2[C@H](OC(=O)c3ccccc3)[C@@H](C)C[C@@]21OC(C)=O. The van der Waals surface area contributed by atoms with Crippen molar-refractivity contribution in [3.63, 3.8) is 0 Å². The number of aromatic nitrogens is 1. The lowest BCUT2D eigenvalue weighted by molar-refractivity contribution is -0.195. The number of Topliss-reactive ketones (excluding diaryl/α,β-unsaturated/α-hetero) is 1. The quantitative estimate of drug-likeness (QED) is 0.214.